The third-order valence-electron chi connectivity index (χ3n) is 5.89. The fourth-order valence-electron chi connectivity index (χ4n) is 4.16. The average Bonchev–Trinajstić information content (AvgIpc) is 3.48. The third-order valence-corrected chi connectivity index (χ3v) is 5.89. The van der Waals surface area contributed by atoms with Crippen molar-refractivity contribution in [2.45, 2.75) is 38.3 Å². The van der Waals surface area contributed by atoms with Gasteiger partial charge in [-0.15, -0.1) is 0 Å². The van der Waals surface area contributed by atoms with Crippen molar-refractivity contribution in [3.63, 3.8) is 0 Å². The first-order valence-corrected chi connectivity index (χ1v) is 10.7. The second-order valence-electron chi connectivity index (χ2n) is 8.02. The van der Waals surface area contributed by atoms with Crippen LogP contribution in [0.25, 0.3) is 22.4 Å². The Bertz CT molecular complexity index is 1260. The SMILES string of the molecule is O=C(O)c1ccc(-c2nc(NCc3ccc(F)cc3)c3cnn(C4CCCC4)c3n2)cc1. The summed E-state index contributed by atoms with van der Waals surface area (Å²) in [6, 6.07) is 13.2. The summed E-state index contributed by atoms with van der Waals surface area (Å²) in [5.41, 5.74) is 2.61. The van der Waals surface area contributed by atoms with Crippen LogP contribution in [0.3, 0.4) is 0 Å². The molecule has 0 bridgehead atoms. The summed E-state index contributed by atoms with van der Waals surface area (Å²) in [6.07, 6.45) is 6.29. The van der Waals surface area contributed by atoms with Crippen LogP contribution < -0.4 is 5.32 Å². The zero-order valence-corrected chi connectivity index (χ0v) is 17.3. The summed E-state index contributed by atoms with van der Waals surface area (Å²) in [5.74, 6) is -0.117. The molecule has 32 heavy (non-hydrogen) atoms. The number of carboxylic acids is 1. The van der Waals surface area contributed by atoms with Gasteiger partial charge in [-0.2, -0.15) is 5.10 Å². The highest BCUT2D eigenvalue weighted by atomic mass is 19.1. The van der Waals surface area contributed by atoms with Crippen molar-refractivity contribution in [2.24, 2.45) is 0 Å². The molecule has 1 fully saturated rings. The van der Waals surface area contributed by atoms with Gasteiger partial charge in [-0.3, -0.25) is 0 Å². The first kappa shape index (κ1) is 20.1. The summed E-state index contributed by atoms with van der Waals surface area (Å²) in [6.45, 7) is 0.471. The van der Waals surface area contributed by atoms with E-state index in [1.807, 2.05) is 4.68 Å². The molecular formula is C24H22FN5O2. The number of benzene rings is 2. The molecule has 5 rings (SSSR count). The Morgan fingerprint density at radius 3 is 2.47 bits per heavy atom. The van der Waals surface area contributed by atoms with E-state index in [9.17, 15) is 14.3 Å². The number of nitrogens with zero attached hydrogens (tertiary/aromatic N) is 4. The van der Waals surface area contributed by atoms with Crippen molar-refractivity contribution < 1.29 is 14.3 Å². The number of fused-ring (bicyclic) bond motifs is 1. The van der Waals surface area contributed by atoms with Crippen molar-refractivity contribution in [3.8, 4) is 11.4 Å². The van der Waals surface area contributed by atoms with Crippen molar-refractivity contribution in [1.82, 2.24) is 19.7 Å². The quantitative estimate of drug-likeness (QED) is 0.443. The Morgan fingerprint density at radius 1 is 1.06 bits per heavy atom. The molecule has 1 aliphatic rings. The van der Waals surface area contributed by atoms with E-state index in [-0.39, 0.29) is 11.4 Å². The summed E-state index contributed by atoms with van der Waals surface area (Å²) in [7, 11) is 0. The van der Waals surface area contributed by atoms with Gasteiger partial charge in [0.05, 0.1) is 23.2 Å². The zero-order chi connectivity index (χ0) is 22.1. The van der Waals surface area contributed by atoms with Crippen LogP contribution in [0.15, 0.2) is 54.7 Å². The number of halogens is 1. The number of carboxylic acid groups (broad SMARTS) is 1. The van der Waals surface area contributed by atoms with Gasteiger partial charge in [0.1, 0.15) is 11.6 Å². The molecule has 2 aromatic heterocycles. The molecule has 0 amide bonds. The number of anilines is 1. The van der Waals surface area contributed by atoms with E-state index in [1.54, 1.807) is 42.6 Å². The van der Waals surface area contributed by atoms with Crippen molar-refractivity contribution >= 4 is 22.8 Å². The van der Waals surface area contributed by atoms with E-state index in [4.69, 9.17) is 9.97 Å². The molecule has 0 aliphatic heterocycles. The van der Waals surface area contributed by atoms with Gasteiger partial charge in [0.15, 0.2) is 11.5 Å². The Labute approximate surface area is 183 Å². The summed E-state index contributed by atoms with van der Waals surface area (Å²) in [4.78, 5) is 20.7. The molecule has 4 aromatic rings. The van der Waals surface area contributed by atoms with Crippen LogP contribution in [0.1, 0.15) is 47.6 Å². The number of aromatic carboxylic acids is 1. The van der Waals surface area contributed by atoms with E-state index in [2.05, 4.69) is 10.4 Å². The Hall–Kier alpha value is -3.81. The Kier molecular flexibility index (Phi) is 5.26. The topological polar surface area (TPSA) is 92.9 Å². The lowest BCUT2D eigenvalue weighted by atomic mass is 10.1. The number of nitrogens with one attached hydrogen (secondary N) is 1. The third kappa shape index (κ3) is 3.91. The van der Waals surface area contributed by atoms with Crippen LogP contribution in [0.4, 0.5) is 10.2 Å². The second kappa shape index (κ2) is 8.37. The molecule has 0 unspecified atom stereocenters. The molecular weight excluding hydrogens is 409 g/mol. The molecule has 0 radical (unpaired) electrons. The largest absolute Gasteiger partial charge is 0.478 e. The van der Waals surface area contributed by atoms with E-state index >= 15 is 0 Å². The average molecular weight is 431 g/mol. The summed E-state index contributed by atoms with van der Waals surface area (Å²) in [5, 5.41) is 18.0. The molecule has 2 N–H and O–H groups in total. The van der Waals surface area contributed by atoms with Crippen molar-refractivity contribution in [1.29, 1.82) is 0 Å². The molecule has 2 aromatic carbocycles. The molecule has 162 valence electrons. The monoisotopic (exact) mass is 431 g/mol. The van der Waals surface area contributed by atoms with Crippen LogP contribution in [0, 0.1) is 5.82 Å². The van der Waals surface area contributed by atoms with Crippen molar-refractivity contribution in [3.05, 3.63) is 71.7 Å². The van der Waals surface area contributed by atoms with Crippen molar-refractivity contribution in [2.75, 3.05) is 5.32 Å². The molecule has 1 saturated carbocycles. The Morgan fingerprint density at radius 2 is 1.78 bits per heavy atom. The van der Waals surface area contributed by atoms with Gasteiger partial charge in [0.2, 0.25) is 0 Å². The summed E-state index contributed by atoms with van der Waals surface area (Å²) < 4.78 is 15.2. The van der Waals surface area contributed by atoms with E-state index in [1.165, 1.54) is 25.0 Å². The second-order valence-corrected chi connectivity index (χ2v) is 8.02. The predicted octanol–water partition coefficient (Wildman–Crippen LogP) is 5.06. The van der Waals surface area contributed by atoms with Gasteiger partial charge >= 0.3 is 5.97 Å². The van der Waals surface area contributed by atoms with Crippen LogP contribution >= 0.6 is 0 Å². The highest BCUT2D eigenvalue weighted by Crippen LogP contribution is 2.33. The molecule has 8 heteroatoms. The van der Waals surface area contributed by atoms with Gasteiger partial charge in [-0.25, -0.2) is 23.8 Å². The number of rotatable bonds is 6. The minimum Gasteiger partial charge on any atom is -0.478 e. The van der Waals surface area contributed by atoms with E-state index in [0.717, 1.165) is 35.0 Å². The lowest BCUT2D eigenvalue weighted by Gasteiger charge is -2.13. The number of hydrogen-bond acceptors (Lipinski definition) is 5. The minimum atomic E-state index is -0.978. The first-order chi connectivity index (χ1) is 15.6. The standard InChI is InChI=1S/C24H22FN5O2/c25-18-11-5-15(6-12-18)13-26-22-20-14-27-30(19-3-1-2-4-19)23(20)29-21(28-22)16-7-9-17(10-8-16)24(31)32/h5-12,14,19H,1-4,13H2,(H,31,32)(H,26,28,29). The van der Waals surface area contributed by atoms with Gasteiger partial charge in [0.25, 0.3) is 0 Å². The molecule has 0 atom stereocenters. The lowest BCUT2D eigenvalue weighted by molar-refractivity contribution is 0.0697. The Balaban J connectivity index is 1.55. The molecule has 0 spiro atoms. The highest BCUT2D eigenvalue weighted by Gasteiger charge is 2.22. The molecule has 7 nitrogen and oxygen atoms in total. The van der Waals surface area contributed by atoms with E-state index < -0.39 is 5.97 Å². The number of hydrogen-bond donors (Lipinski definition) is 2. The highest BCUT2D eigenvalue weighted by molar-refractivity contribution is 5.90. The van der Waals surface area contributed by atoms with Gasteiger partial charge in [-0.1, -0.05) is 37.1 Å². The maximum Gasteiger partial charge on any atom is 0.335 e. The smallest absolute Gasteiger partial charge is 0.335 e. The van der Waals surface area contributed by atoms with E-state index in [0.29, 0.717) is 24.2 Å². The van der Waals surface area contributed by atoms with Gasteiger partial charge < -0.3 is 10.4 Å². The maximum absolute atomic E-state index is 13.2. The minimum absolute atomic E-state index is 0.209. The predicted molar refractivity (Wildman–Crippen MR) is 119 cm³/mol. The zero-order valence-electron chi connectivity index (χ0n) is 17.3. The fourth-order valence-corrected chi connectivity index (χ4v) is 4.16. The molecule has 1 aliphatic carbocycles. The fraction of sp³-hybridized carbons (Fsp3) is 0.250. The van der Waals surface area contributed by atoms with Gasteiger partial charge in [0, 0.05) is 12.1 Å². The van der Waals surface area contributed by atoms with Crippen LogP contribution in [-0.2, 0) is 6.54 Å². The number of carbonyl (C=O) groups is 1. The first-order valence-electron chi connectivity index (χ1n) is 10.7. The van der Waals surface area contributed by atoms with Gasteiger partial charge in [-0.05, 0) is 42.7 Å². The van der Waals surface area contributed by atoms with Crippen LogP contribution in [0.5, 0.6) is 0 Å². The summed E-state index contributed by atoms with van der Waals surface area (Å²) >= 11 is 0. The van der Waals surface area contributed by atoms with Crippen LogP contribution in [0.2, 0.25) is 0 Å². The maximum atomic E-state index is 13.2. The normalized spacial score (nSPS) is 14.2. The van der Waals surface area contributed by atoms with Crippen LogP contribution in [-0.4, -0.2) is 30.8 Å². The lowest BCUT2D eigenvalue weighted by Crippen LogP contribution is -2.09. The molecule has 2 heterocycles. The molecule has 0 saturated heterocycles. The number of aromatic nitrogens is 4.